The van der Waals surface area contributed by atoms with Crippen LogP contribution >= 0.6 is 0 Å². The molecule has 1 atom stereocenters. The van der Waals surface area contributed by atoms with E-state index in [9.17, 15) is 8.42 Å². The van der Waals surface area contributed by atoms with E-state index in [4.69, 9.17) is 0 Å². The van der Waals surface area contributed by atoms with Crippen molar-refractivity contribution in [2.45, 2.75) is 71.1 Å². The van der Waals surface area contributed by atoms with Gasteiger partial charge in [-0.15, -0.1) is 0 Å². The first-order valence-electron chi connectivity index (χ1n) is 10.4. The van der Waals surface area contributed by atoms with Gasteiger partial charge in [-0.2, -0.15) is 22.1 Å². The number of piperidine rings is 2. The fourth-order valence-corrected chi connectivity index (χ4v) is 6.22. The molecule has 7 nitrogen and oxygen atoms in total. The average Bonchev–Trinajstić information content (AvgIpc) is 3.38. The summed E-state index contributed by atoms with van der Waals surface area (Å²) in [6, 6.07) is 0. The van der Waals surface area contributed by atoms with Gasteiger partial charge in [-0.1, -0.05) is 20.8 Å². The highest BCUT2D eigenvalue weighted by molar-refractivity contribution is 7.86. The Hall–Kier alpha value is -0.990. The zero-order valence-corrected chi connectivity index (χ0v) is 17.6. The van der Waals surface area contributed by atoms with Crippen LogP contribution in [0.5, 0.6) is 0 Å². The third kappa shape index (κ3) is 4.07. The molecule has 0 unspecified atom stereocenters. The molecule has 0 spiro atoms. The lowest BCUT2D eigenvalue weighted by molar-refractivity contribution is 0.148. The molecule has 0 radical (unpaired) electrons. The molecule has 4 rings (SSSR count). The van der Waals surface area contributed by atoms with Gasteiger partial charge in [0.25, 0.3) is 10.2 Å². The Bertz CT molecular complexity index is 757. The van der Waals surface area contributed by atoms with Crippen molar-refractivity contribution < 1.29 is 8.42 Å². The quantitative estimate of drug-likeness (QED) is 0.850. The maximum absolute atomic E-state index is 13.2. The van der Waals surface area contributed by atoms with Crippen LogP contribution < -0.4 is 0 Å². The van der Waals surface area contributed by atoms with Crippen molar-refractivity contribution in [1.29, 1.82) is 0 Å². The van der Waals surface area contributed by atoms with E-state index in [0.717, 1.165) is 37.3 Å². The highest BCUT2D eigenvalue weighted by Gasteiger charge is 2.39. The van der Waals surface area contributed by atoms with Crippen LogP contribution in [0.3, 0.4) is 0 Å². The minimum absolute atomic E-state index is 0.101. The second-order valence-corrected chi connectivity index (χ2v) is 11.5. The van der Waals surface area contributed by atoms with Gasteiger partial charge >= 0.3 is 0 Å². The highest BCUT2D eigenvalue weighted by Crippen LogP contribution is 2.39. The Balaban J connectivity index is 1.41. The number of rotatable bonds is 4. The lowest BCUT2D eigenvalue weighted by Gasteiger charge is -2.41. The van der Waals surface area contributed by atoms with Gasteiger partial charge in [-0.3, -0.25) is 5.10 Å². The van der Waals surface area contributed by atoms with E-state index in [0.29, 0.717) is 38.0 Å². The van der Waals surface area contributed by atoms with Crippen molar-refractivity contribution >= 4 is 10.2 Å². The van der Waals surface area contributed by atoms with Crippen LogP contribution in [0, 0.1) is 11.3 Å². The smallest absolute Gasteiger partial charge is 0.263 e. The number of nitrogens with one attached hydrogen (secondary N) is 1. The van der Waals surface area contributed by atoms with Crippen LogP contribution in [-0.2, 0) is 10.2 Å². The van der Waals surface area contributed by atoms with E-state index in [1.54, 1.807) is 8.61 Å². The lowest BCUT2D eigenvalue weighted by atomic mass is 9.76. The summed E-state index contributed by atoms with van der Waals surface area (Å²) in [4.78, 5) is 4.66. The van der Waals surface area contributed by atoms with Gasteiger partial charge in [0.15, 0.2) is 5.82 Å². The fraction of sp³-hybridized carbons (Fsp3) is 0.895. The molecule has 0 bridgehead atoms. The van der Waals surface area contributed by atoms with Gasteiger partial charge in [0, 0.05) is 38.0 Å². The van der Waals surface area contributed by atoms with Gasteiger partial charge in [-0.25, -0.2) is 4.98 Å². The first kappa shape index (κ1) is 19.3. The number of aromatic nitrogens is 3. The number of hydrogen-bond acceptors (Lipinski definition) is 4. The summed E-state index contributed by atoms with van der Waals surface area (Å²) < 4.78 is 29.8. The van der Waals surface area contributed by atoms with Gasteiger partial charge in [0.2, 0.25) is 0 Å². The van der Waals surface area contributed by atoms with E-state index in [2.05, 4.69) is 36.0 Å². The predicted molar refractivity (Wildman–Crippen MR) is 105 cm³/mol. The van der Waals surface area contributed by atoms with Crippen LogP contribution in [-0.4, -0.2) is 58.4 Å². The van der Waals surface area contributed by atoms with Crippen LogP contribution in [0.1, 0.15) is 82.8 Å². The number of H-pyrrole nitrogens is 1. The van der Waals surface area contributed by atoms with Crippen LogP contribution in [0.4, 0.5) is 0 Å². The first-order chi connectivity index (χ1) is 12.7. The molecule has 1 aromatic rings. The highest BCUT2D eigenvalue weighted by atomic mass is 32.2. The Kier molecular flexibility index (Phi) is 5.10. The summed E-state index contributed by atoms with van der Waals surface area (Å²) in [6.45, 7) is 9.15. The van der Waals surface area contributed by atoms with Crippen LogP contribution in [0.2, 0.25) is 0 Å². The van der Waals surface area contributed by atoms with Gasteiger partial charge in [0.05, 0.1) is 0 Å². The largest absolute Gasteiger partial charge is 0.281 e. The molecule has 1 N–H and O–H groups in total. The second-order valence-electron chi connectivity index (χ2n) is 9.60. The molecule has 2 saturated heterocycles. The van der Waals surface area contributed by atoms with Crippen molar-refractivity contribution in [3.05, 3.63) is 11.6 Å². The molecule has 3 fully saturated rings. The molecule has 27 heavy (non-hydrogen) atoms. The molecule has 3 aliphatic rings. The van der Waals surface area contributed by atoms with E-state index < -0.39 is 10.2 Å². The van der Waals surface area contributed by atoms with Gasteiger partial charge < -0.3 is 0 Å². The molecule has 2 aliphatic heterocycles. The Morgan fingerprint density at radius 3 is 2.30 bits per heavy atom. The van der Waals surface area contributed by atoms with Gasteiger partial charge in [-0.05, 0) is 49.9 Å². The van der Waals surface area contributed by atoms with Crippen LogP contribution in [0.15, 0.2) is 0 Å². The van der Waals surface area contributed by atoms with Crippen molar-refractivity contribution in [3.63, 3.8) is 0 Å². The van der Waals surface area contributed by atoms with Crippen LogP contribution in [0.25, 0.3) is 0 Å². The van der Waals surface area contributed by atoms with E-state index in [1.165, 1.54) is 12.8 Å². The molecule has 1 aliphatic carbocycles. The summed E-state index contributed by atoms with van der Waals surface area (Å²) in [5, 5.41) is 7.46. The molecule has 3 heterocycles. The fourth-order valence-electron chi connectivity index (χ4n) is 4.49. The zero-order chi connectivity index (χ0) is 19.2. The summed E-state index contributed by atoms with van der Waals surface area (Å²) in [5.74, 6) is 3.01. The van der Waals surface area contributed by atoms with Crippen molar-refractivity contribution in [3.8, 4) is 0 Å². The third-order valence-corrected chi connectivity index (χ3v) is 8.57. The molecule has 1 aromatic heterocycles. The minimum Gasteiger partial charge on any atom is -0.263 e. The van der Waals surface area contributed by atoms with Gasteiger partial charge in [0.1, 0.15) is 5.82 Å². The number of hydrogen-bond donors (Lipinski definition) is 1. The topological polar surface area (TPSA) is 82.2 Å². The van der Waals surface area contributed by atoms with Crippen molar-refractivity contribution in [1.82, 2.24) is 23.8 Å². The molecule has 0 aromatic carbocycles. The molecular weight excluding hydrogens is 362 g/mol. The molecule has 152 valence electrons. The zero-order valence-electron chi connectivity index (χ0n) is 16.8. The summed E-state index contributed by atoms with van der Waals surface area (Å²) in [6.07, 6.45) is 6.10. The molecule has 1 saturated carbocycles. The normalized spacial score (nSPS) is 27.1. The third-order valence-electron chi connectivity index (χ3n) is 6.56. The average molecular weight is 396 g/mol. The maximum atomic E-state index is 13.2. The Morgan fingerprint density at radius 2 is 1.67 bits per heavy atom. The second kappa shape index (κ2) is 7.12. The SMILES string of the molecule is CC(C)(C)C1CCN(S(=O)(=O)N2CCC[C@H](c3n[nH]c(C4CC4)n3)C2)CC1. The van der Waals surface area contributed by atoms with E-state index in [1.807, 2.05) is 0 Å². The molecule has 0 amide bonds. The van der Waals surface area contributed by atoms with Crippen molar-refractivity contribution in [2.75, 3.05) is 26.2 Å². The van der Waals surface area contributed by atoms with Crippen molar-refractivity contribution in [2.24, 2.45) is 11.3 Å². The summed E-state index contributed by atoms with van der Waals surface area (Å²) in [7, 11) is -3.39. The molecular formula is C19H33N5O2S. The van der Waals surface area contributed by atoms with E-state index in [-0.39, 0.29) is 11.3 Å². The molecule has 8 heteroatoms. The lowest BCUT2D eigenvalue weighted by Crippen LogP contribution is -2.50. The Labute approximate surface area is 163 Å². The maximum Gasteiger partial charge on any atom is 0.281 e. The minimum atomic E-state index is -3.39. The summed E-state index contributed by atoms with van der Waals surface area (Å²) in [5.41, 5.74) is 0.247. The monoisotopic (exact) mass is 395 g/mol. The van der Waals surface area contributed by atoms with E-state index >= 15 is 0 Å². The predicted octanol–water partition coefficient (Wildman–Crippen LogP) is 2.86. The summed E-state index contributed by atoms with van der Waals surface area (Å²) >= 11 is 0. The number of aromatic amines is 1. The first-order valence-corrected chi connectivity index (χ1v) is 11.8. The standard InChI is InChI=1S/C19H33N5O2S/c1-19(2,3)16-8-11-23(12-9-16)27(25,26)24-10-4-5-15(13-24)18-20-17(21-22-18)14-6-7-14/h14-16H,4-13H2,1-3H3,(H,20,21,22)/t15-/m0/s1. The number of nitrogens with zero attached hydrogens (tertiary/aromatic N) is 4. The Morgan fingerprint density at radius 1 is 0.963 bits per heavy atom.